The van der Waals surface area contributed by atoms with Gasteiger partial charge in [0.05, 0.1) is 13.2 Å². The lowest BCUT2D eigenvalue weighted by atomic mass is 10.1. The fraction of sp³-hybridized carbons (Fsp3) is 0.250. The van der Waals surface area contributed by atoms with Gasteiger partial charge in [-0.15, -0.1) is 0 Å². The molecule has 0 spiro atoms. The van der Waals surface area contributed by atoms with Crippen LogP contribution in [0.3, 0.4) is 0 Å². The topological polar surface area (TPSA) is 44.8 Å². The summed E-state index contributed by atoms with van der Waals surface area (Å²) in [5.41, 5.74) is 1.84. The lowest BCUT2D eigenvalue weighted by Crippen LogP contribution is -2.10. The van der Waals surface area contributed by atoms with E-state index in [2.05, 4.69) is 0 Å². The first-order chi connectivity index (χ1) is 11.7. The first-order valence-corrected chi connectivity index (χ1v) is 8.02. The highest BCUT2D eigenvalue weighted by Crippen LogP contribution is 2.23. The predicted molar refractivity (Wildman–Crippen MR) is 93.5 cm³/mol. The molecule has 0 amide bonds. The highest BCUT2D eigenvalue weighted by atomic mass is 16.6. The van der Waals surface area contributed by atoms with E-state index in [9.17, 15) is 4.79 Å². The second-order valence-electron chi connectivity index (χ2n) is 4.97. The van der Waals surface area contributed by atoms with Gasteiger partial charge in [0.15, 0.2) is 0 Å². The molecule has 2 aromatic carbocycles. The quantitative estimate of drug-likeness (QED) is 0.414. The maximum atomic E-state index is 12.0. The van der Waals surface area contributed by atoms with Gasteiger partial charge in [-0.1, -0.05) is 48.5 Å². The van der Waals surface area contributed by atoms with E-state index in [1.54, 1.807) is 13.0 Å². The average Bonchev–Trinajstić information content (AvgIpc) is 2.61. The van der Waals surface area contributed by atoms with E-state index >= 15 is 0 Å². The van der Waals surface area contributed by atoms with Gasteiger partial charge in [0, 0.05) is 5.56 Å². The minimum absolute atomic E-state index is 0.176. The van der Waals surface area contributed by atoms with Gasteiger partial charge in [0.1, 0.15) is 12.4 Å². The number of hydrogen-bond acceptors (Lipinski definition) is 4. The third-order valence-electron chi connectivity index (χ3n) is 3.22. The Morgan fingerprint density at radius 1 is 0.917 bits per heavy atom. The molecule has 0 fully saturated rings. The molecule has 126 valence electrons. The smallest absolute Gasteiger partial charge is 0.373 e. The van der Waals surface area contributed by atoms with Gasteiger partial charge in [-0.05, 0) is 31.6 Å². The molecule has 0 unspecified atom stereocenters. The molecule has 0 aromatic heterocycles. The first-order valence-electron chi connectivity index (χ1n) is 8.02. The van der Waals surface area contributed by atoms with Crippen LogP contribution in [0.4, 0.5) is 0 Å². The summed E-state index contributed by atoms with van der Waals surface area (Å²) in [6.45, 7) is 4.73. The Balaban J connectivity index is 2.19. The molecule has 0 heterocycles. The summed E-state index contributed by atoms with van der Waals surface area (Å²) in [4.78, 5) is 12.0. The van der Waals surface area contributed by atoms with E-state index in [0.29, 0.717) is 25.6 Å². The van der Waals surface area contributed by atoms with Crippen molar-refractivity contribution >= 4 is 12.0 Å². The third-order valence-corrected chi connectivity index (χ3v) is 3.22. The highest BCUT2D eigenvalue weighted by molar-refractivity contribution is 5.92. The normalized spacial score (nSPS) is 11.0. The number of para-hydroxylation sites is 1. The van der Waals surface area contributed by atoms with Crippen molar-refractivity contribution in [3.63, 3.8) is 0 Å². The van der Waals surface area contributed by atoms with Crippen LogP contribution in [-0.4, -0.2) is 19.2 Å². The standard InChI is InChI=1S/C20H22O4/c1-3-22-19(20(21)23-4-2)14-17-12-8-9-13-18(17)24-15-16-10-6-5-7-11-16/h5-14H,3-4,15H2,1-2H3. The molecule has 0 N–H and O–H groups in total. The van der Waals surface area contributed by atoms with Crippen LogP contribution in [0.15, 0.2) is 60.4 Å². The molecule has 4 heteroatoms. The van der Waals surface area contributed by atoms with Crippen molar-refractivity contribution in [3.05, 3.63) is 71.5 Å². The summed E-state index contributed by atoms with van der Waals surface area (Å²) in [5.74, 6) is 0.384. The van der Waals surface area contributed by atoms with Gasteiger partial charge in [-0.2, -0.15) is 0 Å². The third kappa shape index (κ3) is 5.16. The zero-order valence-corrected chi connectivity index (χ0v) is 14.0. The van der Waals surface area contributed by atoms with Crippen molar-refractivity contribution in [1.29, 1.82) is 0 Å². The zero-order chi connectivity index (χ0) is 17.2. The minimum Gasteiger partial charge on any atom is -0.488 e. The molecule has 0 radical (unpaired) electrons. The Bertz CT molecular complexity index is 677. The monoisotopic (exact) mass is 326 g/mol. The molecular formula is C20H22O4. The molecule has 0 aliphatic heterocycles. The number of benzene rings is 2. The van der Waals surface area contributed by atoms with Gasteiger partial charge in [-0.3, -0.25) is 0 Å². The molecule has 0 aliphatic carbocycles. The van der Waals surface area contributed by atoms with Crippen LogP contribution in [0.5, 0.6) is 5.75 Å². The Labute approximate surface area is 142 Å². The maximum absolute atomic E-state index is 12.0. The maximum Gasteiger partial charge on any atom is 0.373 e. The van der Waals surface area contributed by atoms with Gasteiger partial charge in [0.25, 0.3) is 0 Å². The van der Waals surface area contributed by atoms with E-state index < -0.39 is 5.97 Å². The van der Waals surface area contributed by atoms with Crippen LogP contribution < -0.4 is 4.74 Å². The van der Waals surface area contributed by atoms with Crippen molar-refractivity contribution in [1.82, 2.24) is 0 Å². The Morgan fingerprint density at radius 3 is 2.29 bits per heavy atom. The van der Waals surface area contributed by atoms with Crippen molar-refractivity contribution in [3.8, 4) is 5.75 Å². The van der Waals surface area contributed by atoms with Crippen LogP contribution in [0.2, 0.25) is 0 Å². The minimum atomic E-state index is -0.475. The number of carbonyl (C=O) groups excluding carboxylic acids is 1. The Hall–Kier alpha value is -2.75. The molecule has 0 atom stereocenters. The molecule has 0 saturated heterocycles. The fourth-order valence-electron chi connectivity index (χ4n) is 2.13. The van der Waals surface area contributed by atoms with Crippen LogP contribution in [0.1, 0.15) is 25.0 Å². The van der Waals surface area contributed by atoms with Crippen LogP contribution in [0.25, 0.3) is 6.08 Å². The Kier molecular flexibility index (Phi) is 6.90. The van der Waals surface area contributed by atoms with Crippen molar-refractivity contribution in [2.45, 2.75) is 20.5 Å². The predicted octanol–water partition coefficient (Wildman–Crippen LogP) is 4.21. The number of ether oxygens (including phenoxy) is 3. The number of rotatable bonds is 8. The molecule has 0 bridgehead atoms. The van der Waals surface area contributed by atoms with Crippen molar-refractivity contribution < 1.29 is 19.0 Å². The molecule has 4 nitrogen and oxygen atoms in total. The van der Waals surface area contributed by atoms with E-state index in [1.165, 1.54) is 0 Å². The first kappa shape index (κ1) is 17.6. The lowest BCUT2D eigenvalue weighted by Gasteiger charge is -2.11. The van der Waals surface area contributed by atoms with Crippen LogP contribution in [-0.2, 0) is 20.9 Å². The van der Waals surface area contributed by atoms with Gasteiger partial charge < -0.3 is 14.2 Å². The summed E-state index contributed by atoms with van der Waals surface area (Å²) >= 11 is 0. The van der Waals surface area contributed by atoms with Crippen molar-refractivity contribution in [2.75, 3.05) is 13.2 Å². The Morgan fingerprint density at radius 2 is 1.58 bits per heavy atom. The second kappa shape index (κ2) is 9.40. The van der Waals surface area contributed by atoms with E-state index in [0.717, 1.165) is 11.1 Å². The van der Waals surface area contributed by atoms with Crippen LogP contribution in [0, 0.1) is 0 Å². The van der Waals surface area contributed by atoms with Gasteiger partial charge >= 0.3 is 5.97 Å². The number of esters is 1. The molecule has 2 aromatic rings. The molecular weight excluding hydrogens is 304 g/mol. The molecule has 0 aliphatic rings. The van der Waals surface area contributed by atoms with Gasteiger partial charge in [-0.25, -0.2) is 4.79 Å². The zero-order valence-electron chi connectivity index (χ0n) is 14.0. The largest absolute Gasteiger partial charge is 0.488 e. The van der Waals surface area contributed by atoms with E-state index in [1.807, 2.05) is 61.5 Å². The molecule has 24 heavy (non-hydrogen) atoms. The molecule has 2 rings (SSSR count). The number of carbonyl (C=O) groups is 1. The lowest BCUT2D eigenvalue weighted by molar-refractivity contribution is -0.142. The van der Waals surface area contributed by atoms with E-state index in [4.69, 9.17) is 14.2 Å². The van der Waals surface area contributed by atoms with Gasteiger partial charge in [0.2, 0.25) is 5.76 Å². The summed E-state index contributed by atoms with van der Waals surface area (Å²) in [6, 6.07) is 17.4. The summed E-state index contributed by atoms with van der Waals surface area (Å²) < 4.78 is 16.3. The highest BCUT2D eigenvalue weighted by Gasteiger charge is 2.13. The van der Waals surface area contributed by atoms with Crippen LogP contribution >= 0.6 is 0 Å². The second-order valence-corrected chi connectivity index (χ2v) is 4.97. The fourth-order valence-corrected chi connectivity index (χ4v) is 2.13. The van der Waals surface area contributed by atoms with Crippen molar-refractivity contribution in [2.24, 2.45) is 0 Å². The van der Waals surface area contributed by atoms with E-state index in [-0.39, 0.29) is 5.76 Å². The molecule has 0 saturated carbocycles. The summed E-state index contributed by atoms with van der Waals surface area (Å²) in [5, 5.41) is 0. The SMILES string of the molecule is CCOC(=O)C(=Cc1ccccc1OCc1ccccc1)OCC. The summed E-state index contributed by atoms with van der Waals surface area (Å²) in [7, 11) is 0. The average molecular weight is 326 g/mol. The summed E-state index contributed by atoms with van der Waals surface area (Å²) in [6.07, 6.45) is 1.65. The number of hydrogen-bond donors (Lipinski definition) is 0.